The maximum absolute atomic E-state index is 12.8. The largest absolute Gasteiger partial charge is 0.416 e. The zero-order valence-corrected chi connectivity index (χ0v) is 16.6. The zero-order chi connectivity index (χ0) is 21.1. The number of amides is 1. The molecule has 0 atom stereocenters. The summed E-state index contributed by atoms with van der Waals surface area (Å²) in [5, 5.41) is 1.07. The summed E-state index contributed by atoms with van der Waals surface area (Å²) in [6.07, 6.45) is -1.20. The van der Waals surface area contributed by atoms with E-state index in [4.69, 9.17) is 0 Å². The minimum absolute atomic E-state index is 0.108. The Morgan fingerprint density at radius 1 is 0.967 bits per heavy atom. The number of para-hydroxylation sites is 1. The minimum atomic E-state index is -4.31. The average molecular weight is 415 g/mol. The standard InChI is InChI=1S/C23H24F3N3O/c24-23(25,26)19-8-6-17(7-9-19)16-28-10-3-11-29(13-12-28)22(30)14-18-15-27-21-5-2-1-4-20(18)21/h1-2,4-9,15,27H,3,10-14,16H2. The summed E-state index contributed by atoms with van der Waals surface area (Å²) >= 11 is 0. The number of hydrogen-bond acceptors (Lipinski definition) is 2. The van der Waals surface area contributed by atoms with Gasteiger partial charge in [0.1, 0.15) is 0 Å². The molecule has 0 spiro atoms. The van der Waals surface area contributed by atoms with Gasteiger partial charge < -0.3 is 9.88 Å². The van der Waals surface area contributed by atoms with E-state index in [9.17, 15) is 18.0 Å². The molecule has 1 aromatic heterocycles. The Balaban J connectivity index is 1.34. The minimum Gasteiger partial charge on any atom is -0.361 e. The Morgan fingerprint density at radius 2 is 1.73 bits per heavy atom. The van der Waals surface area contributed by atoms with Crippen molar-refractivity contribution in [1.82, 2.24) is 14.8 Å². The van der Waals surface area contributed by atoms with Crippen LogP contribution in [0.5, 0.6) is 0 Å². The average Bonchev–Trinajstić information content (AvgIpc) is 2.97. The fraction of sp³-hybridized carbons (Fsp3) is 0.348. The molecule has 3 aromatic rings. The maximum atomic E-state index is 12.8. The molecular formula is C23H24F3N3O. The van der Waals surface area contributed by atoms with E-state index in [0.717, 1.165) is 47.1 Å². The van der Waals surface area contributed by atoms with Crippen molar-refractivity contribution in [3.05, 3.63) is 71.4 Å². The van der Waals surface area contributed by atoms with Crippen LogP contribution < -0.4 is 0 Å². The summed E-state index contributed by atoms with van der Waals surface area (Å²) in [5.41, 5.74) is 2.25. The highest BCUT2D eigenvalue weighted by Crippen LogP contribution is 2.29. The summed E-state index contributed by atoms with van der Waals surface area (Å²) in [6.45, 7) is 3.44. The molecule has 1 amide bonds. The van der Waals surface area contributed by atoms with Crippen LogP contribution in [-0.4, -0.2) is 46.9 Å². The summed E-state index contributed by atoms with van der Waals surface area (Å²) in [4.78, 5) is 20.1. The normalized spacial score (nSPS) is 16.0. The van der Waals surface area contributed by atoms with E-state index in [1.807, 2.05) is 35.4 Å². The van der Waals surface area contributed by atoms with E-state index in [2.05, 4.69) is 9.88 Å². The maximum Gasteiger partial charge on any atom is 0.416 e. The Hall–Kier alpha value is -2.80. The lowest BCUT2D eigenvalue weighted by Gasteiger charge is -2.22. The number of hydrogen-bond donors (Lipinski definition) is 1. The second-order valence-electron chi connectivity index (χ2n) is 7.74. The molecule has 1 aliphatic rings. The van der Waals surface area contributed by atoms with E-state index < -0.39 is 11.7 Å². The van der Waals surface area contributed by atoms with Crippen LogP contribution in [0.3, 0.4) is 0 Å². The lowest BCUT2D eigenvalue weighted by atomic mass is 10.1. The molecule has 2 heterocycles. The smallest absolute Gasteiger partial charge is 0.361 e. The van der Waals surface area contributed by atoms with Crippen molar-refractivity contribution in [1.29, 1.82) is 0 Å². The number of aromatic amines is 1. The SMILES string of the molecule is O=C(Cc1c[nH]c2ccccc12)N1CCCN(Cc2ccc(C(F)(F)F)cc2)CC1. The molecule has 30 heavy (non-hydrogen) atoms. The first-order chi connectivity index (χ1) is 14.4. The molecule has 0 radical (unpaired) electrons. The molecule has 4 rings (SSSR count). The van der Waals surface area contributed by atoms with Crippen LogP contribution in [0.15, 0.2) is 54.7 Å². The Kier molecular flexibility index (Phi) is 5.81. The summed E-state index contributed by atoms with van der Waals surface area (Å²) in [7, 11) is 0. The topological polar surface area (TPSA) is 39.3 Å². The van der Waals surface area contributed by atoms with Crippen LogP contribution in [0.25, 0.3) is 10.9 Å². The Morgan fingerprint density at radius 3 is 2.50 bits per heavy atom. The third-order valence-corrected chi connectivity index (χ3v) is 5.65. The van der Waals surface area contributed by atoms with Crippen LogP contribution in [0.4, 0.5) is 13.2 Å². The number of carbonyl (C=O) groups excluding carboxylic acids is 1. The molecule has 1 saturated heterocycles. The van der Waals surface area contributed by atoms with Gasteiger partial charge in [0, 0.05) is 49.8 Å². The Labute approximate surface area is 173 Å². The van der Waals surface area contributed by atoms with Crippen LogP contribution in [0.1, 0.15) is 23.1 Å². The fourth-order valence-electron chi connectivity index (χ4n) is 3.99. The van der Waals surface area contributed by atoms with Gasteiger partial charge in [-0.3, -0.25) is 9.69 Å². The van der Waals surface area contributed by atoms with Gasteiger partial charge in [-0.05, 0) is 35.7 Å². The van der Waals surface area contributed by atoms with Crippen molar-refractivity contribution in [2.45, 2.75) is 25.6 Å². The van der Waals surface area contributed by atoms with Crippen molar-refractivity contribution in [2.75, 3.05) is 26.2 Å². The van der Waals surface area contributed by atoms with E-state index >= 15 is 0 Å². The Bertz CT molecular complexity index is 1010. The molecule has 2 aromatic carbocycles. The molecule has 1 N–H and O–H groups in total. The van der Waals surface area contributed by atoms with Crippen LogP contribution >= 0.6 is 0 Å². The zero-order valence-electron chi connectivity index (χ0n) is 16.6. The van der Waals surface area contributed by atoms with Gasteiger partial charge in [-0.1, -0.05) is 30.3 Å². The first-order valence-corrected chi connectivity index (χ1v) is 10.1. The van der Waals surface area contributed by atoms with E-state index in [-0.39, 0.29) is 5.91 Å². The summed E-state index contributed by atoms with van der Waals surface area (Å²) in [6, 6.07) is 13.3. The molecule has 0 bridgehead atoms. The first-order valence-electron chi connectivity index (χ1n) is 10.1. The summed E-state index contributed by atoms with van der Waals surface area (Å²) < 4.78 is 38.2. The van der Waals surface area contributed by atoms with Gasteiger partial charge in [0.15, 0.2) is 0 Å². The number of rotatable bonds is 4. The monoisotopic (exact) mass is 415 g/mol. The molecule has 4 nitrogen and oxygen atoms in total. The second kappa shape index (κ2) is 8.52. The van der Waals surface area contributed by atoms with Gasteiger partial charge in [-0.2, -0.15) is 13.2 Å². The first kappa shape index (κ1) is 20.5. The van der Waals surface area contributed by atoms with Crippen LogP contribution in [-0.2, 0) is 23.9 Å². The van der Waals surface area contributed by atoms with E-state index in [1.165, 1.54) is 12.1 Å². The second-order valence-corrected chi connectivity index (χ2v) is 7.74. The van der Waals surface area contributed by atoms with E-state index in [0.29, 0.717) is 32.6 Å². The van der Waals surface area contributed by atoms with Crippen molar-refractivity contribution < 1.29 is 18.0 Å². The van der Waals surface area contributed by atoms with Gasteiger partial charge >= 0.3 is 6.18 Å². The highest BCUT2D eigenvalue weighted by molar-refractivity contribution is 5.88. The molecule has 1 aliphatic heterocycles. The number of alkyl halides is 3. The molecule has 7 heteroatoms. The van der Waals surface area contributed by atoms with Gasteiger partial charge in [0.2, 0.25) is 5.91 Å². The molecule has 1 fully saturated rings. The highest BCUT2D eigenvalue weighted by atomic mass is 19.4. The van der Waals surface area contributed by atoms with Crippen molar-refractivity contribution >= 4 is 16.8 Å². The third kappa shape index (κ3) is 4.67. The number of fused-ring (bicyclic) bond motifs is 1. The number of nitrogens with zero attached hydrogens (tertiary/aromatic N) is 2. The third-order valence-electron chi connectivity index (χ3n) is 5.65. The van der Waals surface area contributed by atoms with Crippen LogP contribution in [0, 0.1) is 0 Å². The van der Waals surface area contributed by atoms with Crippen molar-refractivity contribution in [3.8, 4) is 0 Å². The molecular weight excluding hydrogens is 391 g/mol. The molecule has 0 unspecified atom stereocenters. The number of H-pyrrole nitrogens is 1. The number of benzene rings is 2. The lowest BCUT2D eigenvalue weighted by Crippen LogP contribution is -2.36. The predicted molar refractivity (Wildman–Crippen MR) is 110 cm³/mol. The van der Waals surface area contributed by atoms with Gasteiger partial charge in [-0.25, -0.2) is 0 Å². The number of aromatic nitrogens is 1. The lowest BCUT2D eigenvalue weighted by molar-refractivity contribution is -0.137. The van der Waals surface area contributed by atoms with E-state index in [1.54, 1.807) is 0 Å². The van der Waals surface area contributed by atoms with Gasteiger partial charge in [0.05, 0.1) is 12.0 Å². The van der Waals surface area contributed by atoms with Gasteiger partial charge in [0.25, 0.3) is 0 Å². The fourth-order valence-corrected chi connectivity index (χ4v) is 3.99. The molecule has 0 aliphatic carbocycles. The molecule has 0 saturated carbocycles. The predicted octanol–water partition coefficient (Wildman–Crippen LogP) is 4.46. The molecule has 158 valence electrons. The van der Waals surface area contributed by atoms with Crippen molar-refractivity contribution in [2.24, 2.45) is 0 Å². The number of nitrogens with one attached hydrogen (secondary N) is 1. The highest BCUT2D eigenvalue weighted by Gasteiger charge is 2.30. The van der Waals surface area contributed by atoms with Crippen LogP contribution in [0.2, 0.25) is 0 Å². The number of halogens is 3. The van der Waals surface area contributed by atoms with Crippen molar-refractivity contribution in [3.63, 3.8) is 0 Å². The number of carbonyl (C=O) groups is 1. The van der Waals surface area contributed by atoms with Gasteiger partial charge in [-0.15, -0.1) is 0 Å². The quantitative estimate of drug-likeness (QED) is 0.683. The summed E-state index contributed by atoms with van der Waals surface area (Å²) in [5.74, 6) is 0.108.